The summed E-state index contributed by atoms with van der Waals surface area (Å²) in [6.07, 6.45) is 0. The summed E-state index contributed by atoms with van der Waals surface area (Å²) < 4.78 is 5.56. The minimum atomic E-state index is -0.412. The quantitative estimate of drug-likeness (QED) is 0.476. The molecule has 0 bridgehead atoms. The molecule has 0 aliphatic heterocycles. The van der Waals surface area contributed by atoms with Crippen LogP contribution in [-0.4, -0.2) is 24.6 Å². The third-order valence-corrected chi connectivity index (χ3v) is 5.26. The Morgan fingerprint density at radius 2 is 1.76 bits per heavy atom. The van der Waals surface area contributed by atoms with Crippen LogP contribution in [0.5, 0.6) is 5.75 Å². The molecule has 1 aromatic rings. The van der Waals surface area contributed by atoms with E-state index in [0.717, 1.165) is 13.1 Å². The third kappa shape index (κ3) is 3.18. The van der Waals surface area contributed by atoms with Crippen molar-refractivity contribution in [2.45, 2.75) is 27.7 Å². The molecule has 0 saturated heterocycles. The molecule has 1 aliphatic rings. The Morgan fingerprint density at radius 3 is 2.24 bits per heavy atom. The van der Waals surface area contributed by atoms with Crippen molar-refractivity contribution in [3.05, 3.63) is 34.4 Å². The normalized spacial score (nSPS) is 19.2. The van der Waals surface area contributed by atoms with Crippen molar-refractivity contribution in [3.63, 3.8) is 0 Å². The maximum atomic E-state index is 10.5. The molecule has 0 radical (unpaired) electrons. The lowest BCUT2D eigenvalue weighted by Crippen LogP contribution is -2.24. The van der Waals surface area contributed by atoms with E-state index in [0.29, 0.717) is 29.1 Å². The van der Waals surface area contributed by atoms with Gasteiger partial charge in [0.15, 0.2) is 0 Å². The van der Waals surface area contributed by atoms with Gasteiger partial charge in [-0.15, -0.1) is 0 Å². The Morgan fingerprint density at radius 1 is 1.19 bits per heavy atom. The first-order valence-corrected chi connectivity index (χ1v) is 7.35. The van der Waals surface area contributed by atoms with Crippen LogP contribution in [0.1, 0.15) is 27.7 Å². The van der Waals surface area contributed by atoms with Crippen molar-refractivity contribution >= 4 is 5.69 Å². The molecule has 0 spiro atoms. The van der Waals surface area contributed by atoms with Gasteiger partial charge in [0.2, 0.25) is 0 Å². The molecule has 1 aromatic carbocycles. The van der Waals surface area contributed by atoms with Crippen LogP contribution in [0.25, 0.3) is 0 Å². The van der Waals surface area contributed by atoms with Crippen LogP contribution in [0.4, 0.5) is 5.69 Å². The van der Waals surface area contributed by atoms with Crippen molar-refractivity contribution in [1.29, 1.82) is 0 Å². The number of nitro groups is 1. The molecule has 0 amide bonds. The monoisotopic (exact) mass is 292 g/mol. The number of benzene rings is 1. The van der Waals surface area contributed by atoms with E-state index in [9.17, 15) is 10.1 Å². The van der Waals surface area contributed by atoms with Gasteiger partial charge in [0, 0.05) is 18.7 Å². The summed E-state index contributed by atoms with van der Waals surface area (Å²) in [5.74, 6) is 1.36. The molecule has 116 valence electrons. The van der Waals surface area contributed by atoms with Gasteiger partial charge in [-0.05, 0) is 35.4 Å². The second-order valence-electron chi connectivity index (χ2n) is 6.80. The first-order chi connectivity index (χ1) is 9.76. The number of nitro benzene ring substituents is 1. The highest BCUT2D eigenvalue weighted by Gasteiger charge is 2.63. The van der Waals surface area contributed by atoms with E-state index in [2.05, 4.69) is 33.0 Å². The average Bonchev–Trinajstić information content (AvgIpc) is 2.80. The van der Waals surface area contributed by atoms with Crippen molar-refractivity contribution < 1.29 is 9.66 Å². The second kappa shape index (κ2) is 5.64. The number of nitrogens with zero attached hydrogens (tertiary/aromatic N) is 1. The molecule has 1 N–H and O–H groups in total. The number of rotatable bonds is 7. The predicted octanol–water partition coefficient (Wildman–Crippen LogP) is 3.25. The standard InChI is InChI=1S/C16H24N2O3/c1-15(2)14(16(15,3)4)11-17-9-10-21-13-7-5-12(6-8-13)18(19)20/h5-8,14,17H,9-11H2,1-4H3. The summed E-state index contributed by atoms with van der Waals surface area (Å²) in [7, 11) is 0. The number of non-ortho nitro benzene ring substituents is 1. The zero-order valence-corrected chi connectivity index (χ0v) is 13.2. The highest BCUT2D eigenvalue weighted by atomic mass is 16.6. The van der Waals surface area contributed by atoms with Gasteiger partial charge in [0.25, 0.3) is 5.69 Å². The second-order valence-corrected chi connectivity index (χ2v) is 6.80. The van der Waals surface area contributed by atoms with Gasteiger partial charge in [0.05, 0.1) is 4.92 Å². The summed E-state index contributed by atoms with van der Waals surface area (Å²) in [6, 6.07) is 6.17. The van der Waals surface area contributed by atoms with E-state index in [1.54, 1.807) is 12.1 Å². The fraction of sp³-hybridized carbons (Fsp3) is 0.625. The third-order valence-electron chi connectivity index (χ3n) is 5.26. The Hall–Kier alpha value is -1.62. The maximum Gasteiger partial charge on any atom is 0.269 e. The fourth-order valence-corrected chi connectivity index (χ4v) is 3.00. The first kappa shape index (κ1) is 15.8. The van der Waals surface area contributed by atoms with E-state index in [1.807, 2.05) is 0 Å². The van der Waals surface area contributed by atoms with Gasteiger partial charge in [-0.25, -0.2) is 0 Å². The predicted molar refractivity (Wildman–Crippen MR) is 82.5 cm³/mol. The van der Waals surface area contributed by atoms with Gasteiger partial charge in [-0.3, -0.25) is 10.1 Å². The molecule has 5 heteroatoms. The molecule has 1 fully saturated rings. The molecule has 1 aliphatic carbocycles. The Labute approximate surface area is 125 Å². The van der Waals surface area contributed by atoms with Crippen molar-refractivity contribution in [2.24, 2.45) is 16.7 Å². The van der Waals surface area contributed by atoms with Crippen LogP contribution in [0.2, 0.25) is 0 Å². The lowest BCUT2D eigenvalue weighted by Gasteiger charge is -2.08. The summed E-state index contributed by atoms with van der Waals surface area (Å²) in [5.41, 5.74) is 0.886. The van der Waals surface area contributed by atoms with E-state index >= 15 is 0 Å². The lowest BCUT2D eigenvalue weighted by atomic mass is 10.0. The van der Waals surface area contributed by atoms with Crippen LogP contribution in [0.15, 0.2) is 24.3 Å². The summed E-state index contributed by atoms with van der Waals surface area (Å²) in [5, 5.41) is 14.0. The minimum absolute atomic E-state index is 0.0821. The molecule has 5 nitrogen and oxygen atoms in total. The number of hydrogen-bond acceptors (Lipinski definition) is 4. The number of ether oxygens (including phenoxy) is 1. The van der Waals surface area contributed by atoms with Gasteiger partial charge in [0.1, 0.15) is 12.4 Å². The van der Waals surface area contributed by atoms with Crippen LogP contribution < -0.4 is 10.1 Å². The molecule has 0 atom stereocenters. The Bertz CT molecular complexity index is 495. The van der Waals surface area contributed by atoms with Gasteiger partial charge < -0.3 is 10.1 Å². The largest absolute Gasteiger partial charge is 0.492 e. The van der Waals surface area contributed by atoms with E-state index in [1.165, 1.54) is 12.1 Å². The summed E-state index contributed by atoms with van der Waals surface area (Å²) in [6.45, 7) is 11.6. The SMILES string of the molecule is CC1(C)C(CNCCOc2ccc([N+](=O)[O-])cc2)C1(C)C. The molecule has 21 heavy (non-hydrogen) atoms. The average molecular weight is 292 g/mol. The summed E-state index contributed by atoms with van der Waals surface area (Å²) in [4.78, 5) is 10.1. The minimum Gasteiger partial charge on any atom is -0.492 e. The Balaban J connectivity index is 1.66. The fourth-order valence-electron chi connectivity index (χ4n) is 3.00. The number of hydrogen-bond donors (Lipinski definition) is 1. The first-order valence-electron chi connectivity index (χ1n) is 7.35. The maximum absolute atomic E-state index is 10.5. The molecular weight excluding hydrogens is 268 g/mol. The highest BCUT2D eigenvalue weighted by molar-refractivity contribution is 5.35. The van der Waals surface area contributed by atoms with Crippen molar-refractivity contribution in [1.82, 2.24) is 5.32 Å². The van der Waals surface area contributed by atoms with Gasteiger partial charge in [-0.1, -0.05) is 27.7 Å². The van der Waals surface area contributed by atoms with Crippen LogP contribution in [0.3, 0.4) is 0 Å². The van der Waals surface area contributed by atoms with Gasteiger partial charge in [-0.2, -0.15) is 0 Å². The Kier molecular flexibility index (Phi) is 4.23. The van der Waals surface area contributed by atoms with Gasteiger partial charge >= 0.3 is 0 Å². The molecule has 0 aromatic heterocycles. The summed E-state index contributed by atoms with van der Waals surface area (Å²) >= 11 is 0. The topological polar surface area (TPSA) is 64.4 Å². The highest BCUT2D eigenvalue weighted by Crippen LogP contribution is 2.67. The zero-order chi connectivity index (χ0) is 15.7. The smallest absolute Gasteiger partial charge is 0.269 e. The van der Waals surface area contributed by atoms with Crippen molar-refractivity contribution in [3.8, 4) is 5.75 Å². The molecule has 2 rings (SSSR count). The zero-order valence-electron chi connectivity index (χ0n) is 13.2. The lowest BCUT2D eigenvalue weighted by molar-refractivity contribution is -0.384. The molecule has 1 saturated carbocycles. The number of nitrogens with one attached hydrogen (secondary N) is 1. The van der Waals surface area contributed by atoms with Crippen LogP contribution in [-0.2, 0) is 0 Å². The van der Waals surface area contributed by atoms with Crippen molar-refractivity contribution in [2.75, 3.05) is 19.7 Å². The van der Waals surface area contributed by atoms with E-state index in [4.69, 9.17) is 4.74 Å². The van der Waals surface area contributed by atoms with E-state index in [-0.39, 0.29) is 5.69 Å². The molecule has 0 unspecified atom stereocenters. The molecule has 0 heterocycles. The van der Waals surface area contributed by atoms with Crippen LogP contribution >= 0.6 is 0 Å². The van der Waals surface area contributed by atoms with Crippen LogP contribution in [0, 0.1) is 26.9 Å². The van der Waals surface area contributed by atoms with E-state index < -0.39 is 4.92 Å². The molecular formula is C16H24N2O3.